The monoisotopic (exact) mass is 435 g/mol. The average Bonchev–Trinajstić information content (AvgIpc) is 3.40. The predicted octanol–water partition coefficient (Wildman–Crippen LogP) is 4.88. The molecule has 0 aliphatic heterocycles. The SMILES string of the molecule is CC(NC(=O)Nc1ccc(Cl)c(C(=O)NC2CC2)c1)c1ccccc1Br. The van der Waals surface area contributed by atoms with Crippen LogP contribution in [-0.4, -0.2) is 18.0 Å². The van der Waals surface area contributed by atoms with E-state index in [1.54, 1.807) is 18.2 Å². The fraction of sp³-hybridized carbons (Fsp3) is 0.263. The van der Waals surface area contributed by atoms with E-state index in [1.165, 1.54) is 0 Å². The number of hydrogen-bond acceptors (Lipinski definition) is 2. The molecule has 0 aromatic heterocycles. The van der Waals surface area contributed by atoms with E-state index in [2.05, 4.69) is 31.9 Å². The standard InChI is InChI=1S/C19H19BrClN3O2/c1-11(14-4-2-3-5-16(14)20)22-19(26)24-13-8-9-17(21)15(10-13)18(25)23-12-6-7-12/h2-5,8-12H,6-7H2,1H3,(H,23,25)(H2,22,24,26). The molecule has 0 bridgehead atoms. The Kier molecular flexibility index (Phi) is 5.84. The summed E-state index contributed by atoms with van der Waals surface area (Å²) in [6.07, 6.45) is 1.99. The van der Waals surface area contributed by atoms with Crippen LogP contribution in [0.3, 0.4) is 0 Å². The molecular formula is C19H19BrClN3O2. The third-order valence-corrected chi connectivity index (χ3v) is 5.15. The van der Waals surface area contributed by atoms with Gasteiger partial charge in [-0.1, -0.05) is 45.7 Å². The van der Waals surface area contributed by atoms with Crippen LogP contribution in [0.4, 0.5) is 10.5 Å². The quantitative estimate of drug-likeness (QED) is 0.625. The second-order valence-electron chi connectivity index (χ2n) is 6.28. The van der Waals surface area contributed by atoms with Gasteiger partial charge in [-0.15, -0.1) is 0 Å². The van der Waals surface area contributed by atoms with Gasteiger partial charge in [0, 0.05) is 16.2 Å². The number of anilines is 1. The van der Waals surface area contributed by atoms with Gasteiger partial charge in [-0.2, -0.15) is 0 Å². The van der Waals surface area contributed by atoms with Crippen molar-refractivity contribution in [3.8, 4) is 0 Å². The average molecular weight is 437 g/mol. The first-order chi connectivity index (χ1) is 12.4. The minimum atomic E-state index is -0.357. The molecule has 1 saturated carbocycles. The number of urea groups is 1. The summed E-state index contributed by atoms with van der Waals surface area (Å²) in [5, 5.41) is 8.88. The van der Waals surface area contributed by atoms with E-state index in [1.807, 2.05) is 31.2 Å². The smallest absolute Gasteiger partial charge is 0.319 e. The number of halogens is 2. The third-order valence-electron chi connectivity index (χ3n) is 4.10. The van der Waals surface area contributed by atoms with Crippen LogP contribution in [0.5, 0.6) is 0 Å². The van der Waals surface area contributed by atoms with Crippen molar-refractivity contribution in [2.45, 2.75) is 31.8 Å². The van der Waals surface area contributed by atoms with Crippen molar-refractivity contribution in [3.63, 3.8) is 0 Å². The molecule has 0 spiro atoms. The Bertz CT molecular complexity index is 839. The number of rotatable bonds is 5. The number of amides is 3. The number of benzene rings is 2. The molecule has 2 aromatic carbocycles. The summed E-state index contributed by atoms with van der Waals surface area (Å²) in [5.74, 6) is -0.219. The van der Waals surface area contributed by atoms with Crippen molar-refractivity contribution in [1.82, 2.24) is 10.6 Å². The van der Waals surface area contributed by atoms with Crippen LogP contribution < -0.4 is 16.0 Å². The molecule has 0 saturated heterocycles. The van der Waals surface area contributed by atoms with Crippen LogP contribution in [0, 0.1) is 0 Å². The number of hydrogen-bond donors (Lipinski definition) is 3. The van der Waals surface area contributed by atoms with Crippen LogP contribution in [-0.2, 0) is 0 Å². The molecule has 2 aromatic rings. The van der Waals surface area contributed by atoms with Crippen LogP contribution in [0.2, 0.25) is 5.02 Å². The molecule has 136 valence electrons. The number of carbonyl (C=O) groups excluding carboxylic acids is 2. The van der Waals surface area contributed by atoms with Gasteiger partial charge in [0.25, 0.3) is 5.91 Å². The molecule has 5 nitrogen and oxygen atoms in total. The third kappa shape index (κ3) is 4.77. The van der Waals surface area contributed by atoms with Crippen molar-refractivity contribution in [2.24, 2.45) is 0 Å². The lowest BCUT2D eigenvalue weighted by Crippen LogP contribution is -2.31. The lowest BCUT2D eigenvalue weighted by atomic mass is 10.1. The van der Waals surface area contributed by atoms with Crippen LogP contribution in [0.25, 0.3) is 0 Å². The minimum Gasteiger partial charge on any atom is -0.349 e. The molecule has 3 rings (SSSR count). The second-order valence-corrected chi connectivity index (χ2v) is 7.55. The predicted molar refractivity (Wildman–Crippen MR) is 107 cm³/mol. The van der Waals surface area contributed by atoms with Crippen molar-refractivity contribution >= 4 is 45.2 Å². The van der Waals surface area contributed by atoms with Gasteiger partial charge in [0.05, 0.1) is 16.6 Å². The lowest BCUT2D eigenvalue weighted by Gasteiger charge is -2.17. The fourth-order valence-corrected chi connectivity index (χ4v) is 3.37. The van der Waals surface area contributed by atoms with Crippen LogP contribution in [0.15, 0.2) is 46.9 Å². The Morgan fingerprint density at radius 2 is 1.92 bits per heavy atom. The van der Waals surface area contributed by atoms with Gasteiger partial charge in [0.2, 0.25) is 0 Å². The van der Waals surface area contributed by atoms with E-state index in [4.69, 9.17) is 11.6 Å². The largest absolute Gasteiger partial charge is 0.349 e. The zero-order valence-electron chi connectivity index (χ0n) is 14.2. The molecule has 7 heteroatoms. The van der Waals surface area contributed by atoms with Crippen molar-refractivity contribution < 1.29 is 9.59 Å². The molecule has 3 N–H and O–H groups in total. The maximum absolute atomic E-state index is 12.3. The van der Waals surface area contributed by atoms with Gasteiger partial charge in [0.15, 0.2) is 0 Å². The van der Waals surface area contributed by atoms with E-state index in [0.29, 0.717) is 16.3 Å². The Balaban J connectivity index is 1.65. The van der Waals surface area contributed by atoms with Crippen molar-refractivity contribution in [3.05, 3.63) is 63.1 Å². The molecule has 0 heterocycles. The molecule has 0 radical (unpaired) electrons. The summed E-state index contributed by atoms with van der Waals surface area (Å²) in [6, 6.07) is 12.3. The van der Waals surface area contributed by atoms with Gasteiger partial charge < -0.3 is 16.0 Å². The van der Waals surface area contributed by atoms with E-state index in [-0.39, 0.29) is 24.0 Å². The van der Waals surface area contributed by atoms with Gasteiger partial charge in [-0.3, -0.25) is 4.79 Å². The Morgan fingerprint density at radius 1 is 1.19 bits per heavy atom. The summed E-state index contributed by atoms with van der Waals surface area (Å²) < 4.78 is 0.929. The van der Waals surface area contributed by atoms with Crippen LogP contribution in [0.1, 0.15) is 41.7 Å². The summed E-state index contributed by atoms with van der Waals surface area (Å²) in [6.45, 7) is 1.90. The summed E-state index contributed by atoms with van der Waals surface area (Å²) in [4.78, 5) is 24.5. The summed E-state index contributed by atoms with van der Waals surface area (Å²) >= 11 is 9.60. The molecule has 1 aliphatic rings. The zero-order chi connectivity index (χ0) is 18.7. The lowest BCUT2D eigenvalue weighted by molar-refractivity contribution is 0.0951. The van der Waals surface area contributed by atoms with E-state index in [0.717, 1.165) is 22.9 Å². The number of nitrogens with one attached hydrogen (secondary N) is 3. The summed E-state index contributed by atoms with van der Waals surface area (Å²) in [5.41, 5.74) is 1.84. The van der Waals surface area contributed by atoms with Crippen molar-refractivity contribution in [1.29, 1.82) is 0 Å². The molecule has 1 fully saturated rings. The number of carbonyl (C=O) groups is 2. The maximum atomic E-state index is 12.3. The normalized spacial score (nSPS) is 14.4. The second kappa shape index (κ2) is 8.10. The summed E-state index contributed by atoms with van der Waals surface area (Å²) in [7, 11) is 0. The minimum absolute atomic E-state index is 0.185. The molecular weight excluding hydrogens is 418 g/mol. The van der Waals surface area contributed by atoms with Crippen molar-refractivity contribution in [2.75, 3.05) is 5.32 Å². The maximum Gasteiger partial charge on any atom is 0.319 e. The molecule has 1 unspecified atom stereocenters. The van der Waals surface area contributed by atoms with E-state index in [9.17, 15) is 9.59 Å². The highest BCUT2D eigenvalue weighted by atomic mass is 79.9. The molecule has 3 amide bonds. The topological polar surface area (TPSA) is 70.2 Å². The molecule has 1 aliphatic carbocycles. The van der Waals surface area contributed by atoms with Gasteiger partial charge >= 0.3 is 6.03 Å². The highest BCUT2D eigenvalue weighted by molar-refractivity contribution is 9.10. The first kappa shape index (κ1) is 18.7. The van der Waals surface area contributed by atoms with E-state index >= 15 is 0 Å². The zero-order valence-corrected chi connectivity index (χ0v) is 16.5. The van der Waals surface area contributed by atoms with Gasteiger partial charge in [-0.05, 0) is 49.6 Å². The molecule has 26 heavy (non-hydrogen) atoms. The highest BCUT2D eigenvalue weighted by Gasteiger charge is 2.25. The Hall–Kier alpha value is -2.05. The van der Waals surface area contributed by atoms with Gasteiger partial charge in [-0.25, -0.2) is 4.79 Å². The first-order valence-electron chi connectivity index (χ1n) is 8.36. The highest BCUT2D eigenvalue weighted by Crippen LogP contribution is 2.25. The Morgan fingerprint density at radius 3 is 2.62 bits per heavy atom. The fourth-order valence-electron chi connectivity index (χ4n) is 2.54. The molecule has 1 atom stereocenters. The van der Waals surface area contributed by atoms with Gasteiger partial charge in [0.1, 0.15) is 0 Å². The first-order valence-corrected chi connectivity index (χ1v) is 9.53. The Labute approximate surface area is 165 Å². The van der Waals surface area contributed by atoms with E-state index < -0.39 is 0 Å². The van der Waals surface area contributed by atoms with Crippen LogP contribution >= 0.6 is 27.5 Å².